The standard InChI is InChI=1S/C19H23N3O2S/c1-3-11-22(12-4-2)25(23,24)17-9-7-8-16(14-17)18-15-21-13-6-5-10-19(21)20-18/h5-10,13-15H,3-4,11-12H2,1-2H3. The van der Waals surface area contributed by atoms with Gasteiger partial charge in [-0.15, -0.1) is 0 Å². The molecular weight excluding hydrogens is 334 g/mol. The number of hydrogen-bond acceptors (Lipinski definition) is 3. The molecule has 2 aromatic heterocycles. The summed E-state index contributed by atoms with van der Waals surface area (Å²) in [5.74, 6) is 0. The molecule has 0 N–H and O–H groups in total. The number of rotatable bonds is 7. The van der Waals surface area contributed by atoms with Crippen LogP contribution in [0, 0.1) is 0 Å². The van der Waals surface area contributed by atoms with Crippen LogP contribution in [0.1, 0.15) is 26.7 Å². The summed E-state index contributed by atoms with van der Waals surface area (Å²) < 4.78 is 29.4. The van der Waals surface area contributed by atoms with Crippen LogP contribution in [0.3, 0.4) is 0 Å². The van der Waals surface area contributed by atoms with Gasteiger partial charge in [0, 0.05) is 31.0 Å². The number of nitrogens with zero attached hydrogens (tertiary/aromatic N) is 3. The Labute approximate surface area is 149 Å². The summed E-state index contributed by atoms with van der Waals surface area (Å²) in [5, 5.41) is 0. The van der Waals surface area contributed by atoms with E-state index >= 15 is 0 Å². The second-order valence-electron chi connectivity index (χ2n) is 6.02. The van der Waals surface area contributed by atoms with Crippen LogP contribution in [0.25, 0.3) is 16.9 Å². The lowest BCUT2D eigenvalue weighted by molar-refractivity contribution is 0.410. The Hall–Kier alpha value is -2.18. The quantitative estimate of drug-likeness (QED) is 0.646. The maximum absolute atomic E-state index is 13.0. The second-order valence-corrected chi connectivity index (χ2v) is 7.96. The molecule has 6 heteroatoms. The van der Waals surface area contributed by atoms with Crippen molar-refractivity contribution in [3.63, 3.8) is 0 Å². The fourth-order valence-electron chi connectivity index (χ4n) is 2.89. The van der Waals surface area contributed by atoms with Gasteiger partial charge in [0.1, 0.15) is 5.65 Å². The Bertz CT molecular complexity index is 924. The van der Waals surface area contributed by atoms with Crippen molar-refractivity contribution in [1.29, 1.82) is 0 Å². The van der Waals surface area contributed by atoms with Gasteiger partial charge in [0.2, 0.25) is 10.0 Å². The van der Waals surface area contributed by atoms with Gasteiger partial charge in [0.15, 0.2) is 0 Å². The zero-order valence-corrected chi connectivity index (χ0v) is 15.4. The molecule has 0 unspecified atom stereocenters. The van der Waals surface area contributed by atoms with Crippen molar-refractivity contribution < 1.29 is 8.42 Å². The number of pyridine rings is 1. The first kappa shape index (κ1) is 17.6. The van der Waals surface area contributed by atoms with E-state index in [0.717, 1.165) is 29.7 Å². The molecule has 0 atom stereocenters. The number of sulfonamides is 1. The van der Waals surface area contributed by atoms with Crippen molar-refractivity contribution >= 4 is 15.7 Å². The first-order chi connectivity index (χ1) is 12.1. The highest BCUT2D eigenvalue weighted by Crippen LogP contribution is 2.24. The lowest BCUT2D eigenvalue weighted by atomic mass is 10.2. The lowest BCUT2D eigenvalue weighted by Gasteiger charge is -2.21. The third-order valence-electron chi connectivity index (χ3n) is 4.08. The predicted octanol–water partition coefficient (Wildman–Crippen LogP) is 3.81. The van der Waals surface area contributed by atoms with E-state index < -0.39 is 10.0 Å². The van der Waals surface area contributed by atoms with Crippen molar-refractivity contribution in [3.05, 3.63) is 54.9 Å². The van der Waals surface area contributed by atoms with Gasteiger partial charge in [0.05, 0.1) is 10.6 Å². The Kier molecular flexibility index (Phi) is 5.20. The molecule has 0 fully saturated rings. The number of aromatic nitrogens is 2. The zero-order valence-electron chi connectivity index (χ0n) is 14.6. The number of fused-ring (bicyclic) bond motifs is 1. The van der Waals surface area contributed by atoms with Crippen molar-refractivity contribution in [2.45, 2.75) is 31.6 Å². The molecule has 0 bridgehead atoms. The van der Waals surface area contributed by atoms with Crippen LogP contribution >= 0.6 is 0 Å². The summed E-state index contributed by atoms with van der Waals surface area (Å²) >= 11 is 0. The Morgan fingerprint density at radius 2 is 1.80 bits per heavy atom. The largest absolute Gasteiger partial charge is 0.306 e. The minimum absolute atomic E-state index is 0.323. The average molecular weight is 357 g/mol. The maximum Gasteiger partial charge on any atom is 0.243 e. The van der Waals surface area contributed by atoms with Crippen LogP contribution in [-0.2, 0) is 10.0 Å². The van der Waals surface area contributed by atoms with Crippen LogP contribution in [0.4, 0.5) is 0 Å². The van der Waals surface area contributed by atoms with Gasteiger partial charge in [-0.05, 0) is 37.1 Å². The fourth-order valence-corrected chi connectivity index (χ4v) is 4.56. The molecule has 0 aliphatic rings. The third kappa shape index (κ3) is 3.60. The van der Waals surface area contributed by atoms with Gasteiger partial charge < -0.3 is 4.40 Å². The van der Waals surface area contributed by atoms with Crippen molar-refractivity contribution in [2.75, 3.05) is 13.1 Å². The Morgan fingerprint density at radius 3 is 2.48 bits per heavy atom. The van der Waals surface area contributed by atoms with E-state index in [2.05, 4.69) is 4.98 Å². The molecule has 0 spiro atoms. The molecule has 0 amide bonds. The molecule has 0 saturated carbocycles. The van der Waals surface area contributed by atoms with Gasteiger partial charge in [0.25, 0.3) is 0 Å². The van der Waals surface area contributed by atoms with Crippen LogP contribution in [0.2, 0.25) is 0 Å². The molecule has 5 nitrogen and oxygen atoms in total. The molecule has 2 heterocycles. The van der Waals surface area contributed by atoms with Crippen LogP contribution in [0.5, 0.6) is 0 Å². The topological polar surface area (TPSA) is 54.7 Å². The maximum atomic E-state index is 13.0. The molecule has 0 radical (unpaired) electrons. The summed E-state index contributed by atoms with van der Waals surface area (Å²) in [6.45, 7) is 5.06. The summed E-state index contributed by atoms with van der Waals surface area (Å²) in [4.78, 5) is 4.90. The summed E-state index contributed by atoms with van der Waals surface area (Å²) in [7, 11) is -3.49. The first-order valence-electron chi connectivity index (χ1n) is 8.60. The molecule has 132 valence electrons. The SMILES string of the molecule is CCCN(CCC)S(=O)(=O)c1cccc(-c2cn3ccccc3n2)c1. The van der Waals surface area contributed by atoms with E-state index in [0.29, 0.717) is 18.0 Å². The second kappa shape index (κ2) is 7.37. The van der Waals surface area contributed by atoms with Gasteiger partial charge >= 0.3 is 0 Å². The van der Waals surface area contributed by atoms with E-state index in [-0.39, 0.29) is 0 Å². The first-order valence-corrected chi connectivity index (χ1v) is 10.0. The molecular formula is C19H23N3O2S. The van der Waals surface area contributed by atoms with Crippen LogP contribution < -0.4 is 0 Å². The Morgan fingerprint density at radius 1 is 1.04 bits per heavy atom. The number of imidazole rings is 1. The fraction of sp³-hybridized carbons (Fsp3) is 0.316. The monoisotopic (exact) mass is 357 g/mol. The molecule has 0 aliphatic heterocycles. The van der Waals surface area contributed by atoms with Crippen molar-refractivity contribution in [2.24, 2.45) is 0 Å². The normalized spacial score (nSPS) is 12.1. The summed E-state index contributed by atoms with van der Waals surface area (Å²) in [6, 6.07) is 12.8. The van der Waals surface area contributed by atoms with E-state index in [1.807, 2.05) is 54.9 Å². The summed E-state index contributed by atoms with van der Waals surface area (Å²) in [6.07, 6.45) is 5.43. The minimum atomic E-state index is -3.49. The highest BCUT2D eigenvalue weighted by Gasteiger charge is 2.23. The third-order valence-corrected chi connectivity index (χ3v) is 5.97. The minimum Gasteiger partial charge on any atom is -0.306 e. The predicted molar refractivity (Wildman–Crippen MR) is 100.0 cm³/mol. The smallest absolute Gasteiger partial charge is 0.243 e. The molecule has 3 aromatic rings. The number of hydrogen-bond donors (Lipinski definition) is 0. The molecule has 25 heavy (non-hydrogen) atoms. The van der Waals surface area contributed by atoms with E-state index in [1.165, 1.54) is 0 Å². The van der Waals surface area contributed by atoms with Gasteiger partial charge in [-0.2, -0.15) is 4.31 Å². The highest BCUT2D eigenvalue weighted by molar-refractivity contribution is 7.89. The van der Waals surface area contributed by atoms with Crippen molar-refractivity contribution in [1.82, 2.24) is 13.7 Å². The lowest BCUT2D eigenvalue weighted by Crippen LogP contribution is -2.32. The van der Waals surface area contributed by atoms with Gasteiger partial charge in [-0.25, -0.2) is 13.4 Å². The average Bonchev–Trinajstić information content (AvgIpc) is 3.06. The van der Waals surface area contributed by atoms with E-state index in [1.54, 1.807) is 22.5 Å². The van der Waals surface area contributed by atoms with Crippen molar-refractivity contribution in [3.8, 4) is 11.3 Å². The zero-order chi connectivity index (χ0) is 17.9. The summed E-state index contributed by atoms with van der Waals surface area (Å²) in [5.41, 5.74) is 2.41. The van der Waals surface area contributed by atoms with E-state index in [4.69, 9.17) is 0 Å². The Balaban J connectivity index is 2.00. The van der Waals surface area contributed by atoms with E-state index in [9.17, 15) is 8.42 Å². The molecule has 0 aliphatic carbocycles. The van der Waals surface area contributed by atoms with Crippen LogP contribution in [-0.4, -0.2) is 35.2 Å². The molecule has 3 rings (SSSR count). The highest BCUT2D eigenvalue weighted by atomic mass is 32.2. The molecule has 0 saturated heterocycles. The van der Waals surface area contributed by atoms with Gasteiger partial charge in [-0.1, -0.05) is 32.0 Å². The van der Waals surface area contributed by atoms with Crippen LogP contribution in [0.15, 0.2) is 59.8 Å². The van der Waals surface area contributed by atoms with Gasteiger partial charge in [-0.3, -0.25) is 0 Å². The molecule has 1 aromatic carbocycles. The number of benzene rings is 1.